The van der Waals surface area contributed by atoms with Crippen LogP contribution in [-0.4, -0.2) is 32.3 Å². The van der Waals surface area contributed by atoms with Gasteiger partial charge in [0, 0.05) is 6.54 Å². The van der Waals surface area contributed by atoms with E-state index >= 15 is 0 Å². The van der Waals surface area contributed by atoms with Crippen molar-refractivity contribution in [1.29, 1.82) is 0 Å². The molecule has 5 nitrogen and oxygen atoms in total. The zero-order valence-electron chi connectivity index (χ0n) is 12.9. The number of hydrogen-bond donors (Lipinski definition) is 0. The highest BCUT2D eigenvalue weighted by atomic mass is 32.2. The van der Waals surface area contributed by atoms with Crippen LogP contribution in [0.4, 0.5) is 0 Å². The number of carbonyl (C=O) groups excluding carboxylic acids is 1. The summed E-state index contributed by atoms with van der Waals surface area (Å²) in [5.74, 6) is -0.406. The molecule has 2 aromatic carbocycles. The van der Waals surface area contributed by atoms with Crippen LogP contribution < -0.4 is 0 Å². The second-order valence-electron chi connectivity index (χ2n) is 5.52. The molecular formula is C17H17NO4S. The monoisotopic (exact) mass is 331 g/mol. The summed E-state index contributed by atoms with van der Waals surface area (Å²) in [5, 5.41) is 0. The highest BCUT2D eigenvalue weighted by Crippen LogP contribution is 2.40. The Morgan fingerprint density at radius 2 is 1.70 bits per heavy atom. The molecule has 0 spiro atoms. The van der Waals surface area contributed by atoms with Gasteiger partial charge in [-0.1, -0.05) is 29.8 Å². The van der Waals surface area contributed by atoms with Crippen LogP contribution in [0.15, 0.2) is 53.4 Å². The van der Waals surface area contributed by atoms with E-state index in [-0.39, 0.29) is 6.04 Å². The number of carbonyl (C=O) groups is 1. The van der Waals surface area contributed by atoms with Gasteiger partial charge in [-0.15, -0.1) is 0 Å². The molecule has 0 N–H and O–H groups in total. The summed E-state index contributed by atoms with van der Waals surface area (Å²) < 4.78 is 31.2. The molecule has 2 unspecified atom stereocenters. The Morgan fingerprint density at radius 1 is 1.09 bits per heavy atom. The van der Waals surface area contributed by atoms with Crippen molar-refractivity contribution in [2.75, 3.05) is 13.7 Å². The molecule has 0 bridgehead atoms. The third-order valence-corrected chi connectivity index (χ3v) is 5.80. The van der Waals surface area contributed by atoms with Crippen LogP contribution in [0.3, 0.4) is 0 Å². The average Bonchev–Trinajstić information content (AvgIpc) is 3.36. The molecule has 23 heavy (non-hydrogen) atoms. The predicted octanol–water partition coefficient (Wildman–Crippen LogP) is 2.53. The Labute approximate surface area is 135 Å². The van der Waals surface area contributed by atoms with E-state index in [1.807, 2.05) is 6.92 Å². The number of esters is 1. The van der Waals surface area contributed by atoms with E-state index in [0.717, 1.165) is 11.1 Å². The van der Waals surface area contributed by atoms with Crippen molar-refractivity contribution in [3.05, 3.63) is 65.2 Å². The molecule has 1 aliphatic rings. The van der Waals surface area contributed by atoms with E-state index in [1.165, 1.54) is 11.4 Å². The van der Waals surface area contributed by atoms with Crippen LogP contribution >= 0.6 is 0 Å². The summed E-state index contributed by atoms with van der Waals surface area (Å²) >= 11 is 0. The number of sulfonamides is 1. The van der Waals surface area contributed by atoms with Gasteiger partial charge in [-0.25, -0.2) is 13.2 Å². The number of aryl methyl sites for hydroxylation is 1. The second kappa shape index (κ2) is 5.79. The Kier molecular flexibility index (Phi) is 3.95. The maximum atomic E-state index is 12.6. The molecule has 1 heterocycles. The number of rotatable bonds is 4. The fourth-order valence-corrected chi connectivity index (χ4v) is 4.01. The Morgan fingerprint density at radius 3 is 2.26 bits per heavy atom. The number of benzene rings is 2. The SMILES string of the molecule is COC(=O)c1ccc(C2CN2S(=O)(=O)c2ccc(C)cc2)cc1. The van der Waals surface area contributed by atoms with Crippen molar-refractivity contribution in [2.45, 2.75) is 17.9 Å². The topological polar surface area (TPSA) is 63.5 Å². The minimum atomic E-state index is -3.47. The van der Waals surface area contributed by atoms with Gasteiger partial charge in [0.15, 0.2) is 0 Å². The van der Waals surface area contributed by atoms with E-state index in [0.29, 0.717) is 17.0 Å². The summed E-state index contributed by atoms with van der Waals surface area (Å²) in [6.45, 7) is 2.37. The van der Waals surface area contributed by atoms with Crippen LogP contribution in [0.5, 0.6) is 0 Å². The lowest BCUT2D eigenvalue weighted by molar-refractivity contribution is 0.0600. The van der Waals surface area contributed by atoms with Gasteiger partial charge in [0.2, 0.25) is 10.0 Å². The molecule has 1 aliphatic heterocycles. The quantitative estimate of drug-likeness (QED) is 0.638. The molecular weight excluding hydrogens is 314 g/mol. The normalized spacial score (nSPS) is 20.1. The van der Waals surface area contributed by atoms with Gasteiger partial charge >= 0.3 is 5.97 Å². The fraction of sp³-hybridized carbons (Fsp3) is 0.235. The summed E-state index contributed by atoms with van der Waals surface area (Å²) in [6.07, 6.45) is 0. The molecule has 0 amide bonds. The van der Waals surface area contributed by atoms with Crippen molar-refractivity contribution >= 4 is 16.0 Å². The van der Waals surface area contributed by atoms with Gasteiger partial charge in [-0.3, -0.25) is 0 Å². The molecule has 3 rings (SSSR count). The molecule has 1 saturated heterocycles. The number of hydrogen-bond acceptors (Lipinski definition) is 4. The summed E-state index contributed by atoms with van der Waals surface area (Å²) in [5.41, 5.74) is 2.34. The summed E-state index contributed by atoms with van der Waals surface area (Å²) in [7, 11) is -2.14. The highest BCUT2D eigenvalue weighted by molar-refractivity contribution is 7.89. The minimum Gasteiger partial charge on any atom is -0.465 e. The van der Waals surface area contributed by atoms with Crippen molar-refractivity contribution in [3.63, 3.8) is 0 Å². The fourth-order valence-electron chi connectivity index (χ4n) is 2.47. The van der Waals surface area contributed by atoms with Crippen LogP contribution in [0.1, 0.15) is 27.5 Å². The van der Waals surface area contributed by atoms with Gasteiger partial charge in [0.05, 0.1) is 23.6 Å². The Hall–Kier alpha value is -2.18. The first-order valence-electron chi connectivity index (χ1n) is 7.20. The van der Waals surface area contributed by atoms with Crippen molar-refractivity contribution in [1.82, 2.24) is 4.31 Å². The minimum absolute atomic E-state index is 0.173. The largest absolute Gasteiger partial charge is 0.465 e. The van der Waals surface area contributed by atoms with Crippen LogP contribution in [0, 0.1) is 6.92 Å². The lowest BCUT2D eigenvalue weighted by Crippen LogP contribution is -2.12. The lowest BCUT2D eigenvalue weighted by atomic mass is 10.1. The van der Waals surface area contributed by atoms with Crippen molar-refractivity contribution < 1.29 is 17.9 Å². The first-order chi connectivity index (χ1) is 10.9. The van der Waals surface area contributed by atoms with E-state index < -0.39 is 16.0 Å². The van der Waals surface area contributed by atoms with Gasteiger partial charge in [-0.2, -0.15) is 4.31 Å². The van der Waals surface area contributed by atoms with Crippen LogP contribution in [0.25, 0.3) is 0 Å². The molecule has 0 saturated carbocycles. The lowest BCUT2D eigenvalue weighted by Gasteiger charge is -2.07. The molecule has 1 fully saturated rings. The van der Waals surface area contributed by atoms with Gasteiger partial charge in [-0.05, 0) is 36.8 Å². The Balaban J connectivity index is 1.78. The third kappa shape index (κ3) is 3.00. The first kappa shape index (κ1) is 15.7. The van der Waals surface area contributed by atoms with Crippen molar-refractivity contribution in [3.8, 4) is 0 Å². The summed E-state index contributed by atoms with van der Waals surface area (Å²) in [6, 6.07) is 13.5. The molecule has 0 aromatic heterocycles. The van der Waals surface area contributed by atoms with Crippen LogP contribution in [0.2, 0.25) is 0 Å². The van der Waals surface area contributed by atoms with Gasteiger partial charge in [0.25, 0.3) is 0 Å². The van der Waals surface area contributed by atoms with Gasteiger partial charge < -0.3 is 4.74 Å². The number of methoxy groups -OCH3 is 1. The third-order valence-electron chi connectivity index (χ3n) is 3.91. The molecule has 2 aromatic rings. The zero-order chi connectivity index (χ0) is 16.6. The zero-order valence-corrected chi connectivity index (χ0v) is 13.7. The number of nitrogens with zero attached hydrogens (tertiary/aromatic N) is 1. The maximum absolute atomic E-state index is 12.6. The molecule has 0 radical (unpaired) electrons. The van der Waals surface area contributed by atoms with Gasteiger partial charge in [0.1, 0.15) is 0 Å². The Bertz CT molecular complexity index is 826. The van der Waals surface area contributed by atoms with E-state index in [4.69, 9.17) is 0 Å². The maximum Gasteiger partial charge on any atom is 0.337 e. The van der Waals surface area contributed by atoms with E-state index in [1.54, 1.807) is 48.5 Å². The second-order valence-corrected chi connectivity index (χ2v) is 7.41. The van der Waals surface area contributed by atoms with E-state index in [9.17, 15) is 13.2 Å². The highest BCUT2D eigenvalue weighted by Gasteiger charge is 2.45. The first-order valence-corrected chi connectivity index (χ1v) is 8.64. The molecule has 6 heteroatoms. The predicted molar refractivity (Wildman–Crippen MR) is 85.6 cm³/mol. The smallest absolute Gasteiger partial charge is 0.337 e. The number of ether oxygens (including phenoxy) is 1. The summed E-state index contributed by atoms with van der Waals surface area (Å²) in [4.78, 5) is 11.7. The molecule has 0 aliphatic carbocycles. The molecule has 120 valence electrons. The standard InChI is InChI=1S/C17H17NO4S/c1-12-3-9-15(10-4-12)23(20,21)18-11-16(18)13-5-7-14(8-6-13)17(19)22-2/h3-10,16H,11H2,1-2H3. The van der Waals surface area contributed by atoms with Crippen molar-refractivity contribution in [2.24, 2.45) is 0 Å². The average molecular weight is 331 g/mol. The molecule has 2 atom stereocenters. The van der Waals surface area contributed by atoms with Crippen LogP contribution in [-0.2, 0) is 14.8 Å². The van der Waals surface area contributed by atoms with E-state index in [2.05, 4.69) is 4.74 Å².